The highest BCUT2D eigenvalue weighted by atomic mass is 16.6. The lowest BCUT2D eigenvalue weighted by Crippen LogP contribution is -2.08. The predicted octanol–water partition coefficient (Wildman–Crippen LogP) is -0.770. The number of hydrogen-bond acceptors (Lipinski definition) is 5. The average molecular weight is 143 g/mol. The standard InChI is InChI=1S/C4HNO5/c6-3-1-2(5(8)9)4(7)10-3/h1H. The zero-order chi connectivity index (χ0) is 7.72. The normalized spacial score (nSPS) is 16.6. The molecule has 0 aromatic rings. The largest absolute Gasteiger partial charge is 0.418 e. The van der Waals surface area contributed by atoms with Crippen molar-refractivity contribution in [2.75, 3.05) is 0 Å². The molecule has 10 heavy (non-hydrogen) atoms. The van der Waals surface area contributed by atoms with Crippen LogP contribution in [0.15, 0.2) is 11.8 Å². The van der Waals surface area contributed by atoms with Gasteiger partial charge in [0.1, 0.15) is 6.08 Å². The molecule has 0 spiro atoms. The number of hydrogen-bond donors (Lipinski definition) is 0. The predicted molar refractivity (Wildman–Crippen MR) is 26.2 cm³/mol. The van der Waals surface area contributed by atoms with Gasteiger partial charge in [-0.2, -0.15) is 0 Å². The van der Waals surface area contributed by atoms with Gasteiger partial charge in [-0.05, 0) is 0 Å². The van der Waals surface area contributed by atoms with Crippen LogP contribution in [-0.4, -0.2) is 16.9 Å². The Morgan fingerprint density at radius 1 is 1.50 bits per heavy atom. The summed E-state index contributed by atoms with van der Waals surface area (Å²) in [5.41, 5.74) is -0.815. The fourth-order valence-electron chi connectivity index (χ4n) is 0.471. The van der Waals surface area contributed by atoms with Crippen LogP contribution in [-0.2, 0) is 14.3 Å². The maximum absolute atomic E-state index is 10.3. The van der Waals surface area contributed by atoms with Crippen LogP contribution < -0.4 is 0 Å². The van der Waals surface area contributed by atoms with Gasteiger partial charge < -0.3 is 4.74 Å². The minimum absolute atomic E-state index is 0.544. The molecule has 0 aromatic carbocycles. The number of esters is 2. The van der Waals surface area contributed by atoms with Crippen LogP contribution in [0, 0.1) is 10.1 Å². The molecule has 1 heterocycles. The molecular weight excluding hydrogens is 142 g/mol. The quantitative estimate of drug-likeness (QED) is 0.208. The van der Waals surface area contributed by atoms with E-state index >= 15 is 0 Å². The van der Waals surface area contributed by atoms with Crippen molar-refractivity contribution in [1.82, 2.24) is 0 Å². The van der Waals surface area contributed by atoms with E-state index in [0.29, 0.717) is 6.08 Å². The van der Waals surface area contributed by atoms with Crippen molar-refractivity contribution in [1.29, 1.82) is 0 Å². The van der Waals surface area contributed by atoms with Crippen molar-refractivity contribution >= 4 is 11.9 Å². The molecular formula is C4HNO5. The van der Waals surface area contributed by atoms with Gasteiger partial charge in [0.05, 0.1) is 4.92 Å². The van der Waals surface area contributed by atoms with Crippen LogP contribution in [0.4, 0.5) is 0 Å². The topological polar surface area (TPSA) is 86.5 Å². The summed E-state index contributed by atoms with van der Waals surface area (Å²) in [6.07, 6.45) is 0.544. The zero-order valence-corrected chi connectivity index (χ0v) is 4.57. The van der Waals surface area contributed by atoms with Gasteiger partial charge in [0.2, 0.25) is 0 Å². The van der Waals surface area contributed by atoms with Crippen molar-refractivity contribution in [3.05, 3.63) is 21.9 Å². The summed E-state index contributed by atoms with van der Waals surface area (Å²) in [5.74, 6) is -2.19. The maximum Gasteiger partial charge on any atom is 0.418 e. The Morgan fingerprint density at radius 3 is 2.30 bits per heavy atom. The summed E-state index contributed by atoms with van der Waals surface area (Å²) in [5, 5.41) is 9.84. The molecule has 1 aliphatic rings. The van der Waals surface area contributed by atoms with Crippen molar-refractivity contribution in [2.24, 2.45) is 0 Å². The van der Waals surface area contributed by atoms with E-state index in [1.165, 1.54) is 0 Å². The zero-order valence-electron chi connectivity index (χ0n) is 4.57. The monoisotopic (exact) mass is 143 g/mol. The van der Waals surface area contributed by atoms with Crippen LogP contribution in [0.1, 0.15) is 0 Å². The molecule has 0 radical (unpaired) electrons. The van der Waals surface area contributed by atoms with Crippen LogP contribution in [0.5, 0.6) is 0 Å². The molecule has 0 N–H and O–H groups in total. The third-order valence-corrected chi connectivity index (χ3v) is 0.854. The Labute approximate surface area is 54.2 Å². The van der Waals surface area contributed by atoms with Crippen molar-refractivity contribution in [2.45, 2.75) is 0 Å². The molecule has 0 aliphatic carbocycles. The van der Waals surface area contributed by atoms with E-state index in [2.05, 4.69) is 4.74 Å². The first-order valence-electron chi connectivity index (χ1n) is 2.23. The lowest BCUT2D eigenvalue weighted by Gasteiger charge is -1.84. The molecule has 6 nitrogen and oxygen atoms in total. The summed E-state index contributed by atoms with van der Waals surface area (Å²) in [6.45, 7) is 0. The van der Waals surface area contributed by atoms with E-state index in [0.717, 1.165) is 0 Å². The minimum atomic E-state index is -1.20. The average Bonchev–Trinajstić information content (AvgIpc) is 2.10. The number of nitro groups is 1. The SMILES string of the molecule is O=C1C=C([N+](=O)[O-])C(=O)O1. The van der Waals surface area contributed by atoms with Crippen molar-refractivity contribution in [3.8, 4) is 0 Å². The van der Waals surface area contributed by atoms with Gasteiger partial charge in [-0.3, -0.25) is 10.1 Å². The Balaban J connectivity index is 2.96. The van der Waals surface area contributed by atoms with Gasteiger partial charge in [-0.1, -0.05) is 0 Å². The van der Waals surface area contributed by atoms with Gasteiger partial charge in [0.25, 0.3) is 0 Å². The molecule has 1 aliphatic heterocycles. The number of nitrogens with zero attached hydrogens (tertiary/aromatic N) is 1. The lowest BCUT2D eigenvalue weighted by atomic mass is 10.5. The van der Waals surface area contributed by atoms with Crippen LogP contribution in [0.2, 0.25) is 0 Å². The lowest BCUT2D eigenvalue weighted by molar-refractivity contribution is -0.419. The second kappa shape index (κ2) is 1.90. The van der Waals surface area contributed by atoms with Crippen molar-refractivity contribution < 1.29 is 19.2 Å². The van der Waals surface area contributed by atoms with Gasteiger partial charge in [-0.25, -0.2) is 9.59 Å². The van der Waals surface area contributed by atoms with E-state index in [1.54, 1.807) is 0 Å². The van der Waals surface area contributed by atoms with E-state index in [9.17, 15) is 19.7 Å². The molecule has 0 atom stereocenters. The summed E-state index contributed by atoms with van der Waals surface area (Å²) in [7, 11) is 0. The van der Waals surface area contributed by atoms with Crippen LogP contribution >= 0.6 is 0 Å². The smallest absolute Gasteiger partial charge is 0.381 e. The number of ether oxygens (including phenoxy) is 1. The molecule has 0 amide bonds. The molecule has 0 unspecified atom stereocenters. The molecule has 6 heteroatoms. The molecule has 0 fully saturated rings. The Kier molecular flexibility index (Phi) is 1.22. The van der Waals surface area contributed by atoms with Gasteiger partial charge in [-0.15, -0.1) is 0 Å². The van der Waals surface area contributed by atoms with E-state index in [4.69, 9.17) is 0 Å². The molecule has 52 valence electrons. The van der Waals surface area contributed by atoms with Gasteiger partial charge >= 0.3 is 17.6 Å². The minimum Gasteiger partial charge on any atom is -0.381 e. The number of cyclic esters (lactones) is 2. The molecule has 0 saturated carbocycles. The third kappa shape index (κ3) is 0.859. The highest BCUT2D eigenvalue weighted by Crippen LogP contribution is 2.07. The summed E-state index contributed by atoms with van der Waals surface area (Å²) >= 11 is 0. The summed E-state index contributed by atoms with van der Waals surface area (Å²) in [6, 6.07) is 0. The maximum atomic E-state index is 10.3. The Bertz CT molecular complexity index is 252. The second-order valence-corrected chi connectivity index (χ2v) is 1.50. The first-order chi connectivity index (χ1) is 4.61. The first kappa shape index (κ1) is 6.40. The van der Waals surface area contributed by atoms with E-state index in [1.807, 2.05) is 0 Å². The Hall–Kier alpha value is -1.72. The first-order valence-corrected chi connectivity index (χ1v) is 2.23. The highest BCUT2D eigenvalue weighted by molar-refractivity contribution is 6.07. The van der Waals surface area contributed by atoms with Crippen LogP contribution in [0.3, 0.4) is 0 Å². The van der Waals surface area contributed by atoms with E-state index in [-0.39, 0.29) is 0 Å². The highest BCUT2D eigenvalue weighted by Gasteiger charge is 2.33. The molecule has 0 aromatic heterocycles. The summed E-state index contributed by atoms with van der Waals surface area (Å²) in [4.78, 5) is 29.3. The number of carbonyl (C=O) groups excluding carboxylic acids is 2. The van der Waals surface area contributed by atoms with Gasteiger partial charge in [0, 0.05) is 0 Å². The second-order valence-electron chi connectivity index (χ2n) is 1.50. The van der Waals surface area contributed by atoms with Crippen LogP contribution in [0.25, 0.3) is 0 Å². The van der Waals surface area contributed by atoms with Crippen molar-refractivity contribution in [3.63, 3.8) is 0 Å². The third-order valence-electron chi connectivity index (χ3n) is 0.854. The Morgan fingerprint density at radius 2 is 2.10 bits per heavy atom. The number of rotatable bonds is 1. The fraction of sp³-hybridized carbons (Fsp3) is 0. The molecule has 1 rings (SSSR count). The summed E-state index contributed by atoms with van der Waals surface area (Å²) < 4.78 is 3.82. The fourth-order valence-corrected chi connectivity index (χ4v) is 0.471. The van der Waals surface area contributed by atoms with Gasteiger partial charge in [0.15, 0.2) is 0 Å². The molecule has 0 bridgehead atoms. The molecule has 0 saturated heterocycles. The number of carbonyl (C=O) groups is 2. The van der Waals surface area contributed by atoms with E-state index < -0.39 is 22.6 Å².